The average molecular weight is 411 g/mol. The van der Waals surface area contributed by atoms with Crippen LogP contribution in [-0.4, -0.2) is 22.0 Å². The number of fused-ring (bicyclic) bond motifs is 1. The number of nitrogens with one attached hydrogen (secondary N) is 1. The van der Waals surface area contributed by atoms with Gasteiger partial charge in [0.15, 0.2) is 0 Å². The number of halogens is 1. The second-order valence-corrected chi connectivity index (χ2v) is 7.50. The Morgan fingerprint density at radius 2 is 2.24 bits per heavy atom. The molecule has 21 heavy (non-hydrogen) atoms. The summed E-state index contributed by atoms with van der Waals surface area (Å²) < 4.78 is 3.25. The van der Waals surface area contributed by atoms with E-state index in [9.17, 15) is 4.79 Å². The number of hydrogen-bond acceptors (Lipinski definition) is 3. The Morgan fingerprint density at radius 3 is 3.00 bits per heavy atom. The van der Waals surface area contributed by atoms with Gasteiger partial charge < -0.3 is 9.88 Å². The number of aromatic nitrogens is 2. The first-order valence-electron chi connectivity index (χ1n) is 6.59. The van der Waals surface area contributed by atoms with Crippen LogP contribution in [-0.2, 0) is 6.54 Å². The first kappa shape index (κ1) is 14.5. The molecule has 2 aromatic heterocycles. The number of thiophene rings is 1. The van der Waals surface area contributed by atoms with Gasteiger partial charge in [0.1, 0.15) is 5.82 Å². The summed E-state index contributed by atoms with van der Waals surface area (Å²) in [7, 11) is 0. The van der Waals surface area contributed by atoms with Crippen molar-refractivity contribution in [1.29, 1.82) is 0 Å². The molecule has 0 fully saturated rings. The Hall–Kier alpha value is -1.41. The summed E-state index contributed by atoms with van der Waals surface area (Å²) in [4.78, 5) is 16.5. The summed E-state index contributed by atoms with van der Waals surface area (Å²) in [5.74, 6) is 0.951. The van der Waals surface area contributed by atoms with Crippen molar-refractivity contribution >= 4 is 50.9 Å². The number of amides is 1. The summed E-state index contributed by atoms with van der Waals surface area (Å²) in [5.41, 5.74) is 2.83. The molecule has 1 amide bonds. The summed E-state index contributed by atoms with van der Waals surface area (Å²) in [6, 6.07) is 9.95. The van der Waals surface area contributed by atoms with Crippen molar-refractivity contribution in [3.8, 4) is 0 Å². The van der Waals surface area contributed by atoms with Crippen molar-refractivity contribution in [1.82, 2.24) is 14.9 Å². The highest BCUT2D eigenvalue weighted by Gasteiger charge is 2.09. The van der Waals surface area contributed by atoms with Crippen LogP contribution in [0.25, 0.3) is 11.0 Å². The Morgan fingerprint density at radius 1 is 1.43 bits per heavy atom. The van der Waals surface area contributed by atoms with Crippen LogP contribution in [0, 0.1) is 9.81 Å². The largest absolute Gasteiger partial charge is 0.350 e. The lowest BCUT2D eigenvalue weighted by atomic mass is 10.3. The van der Waals surface area contributed by atoms with Crippen molar-refractivity contribution in [3.05, 3.63) is 50.0 Å². The van der Waals surface area contributed by atoms with Crippen LogP contribution < -0.4 is 5.32 Å². The van der Waals surface area contributed by atoms with Crippen LogP contribution in [0.4, 0.5) is 0 Å². The first-order valence-corrected chi connectivity index (χ1v) is 8.55. The van der Waals surface area contributed by atoms with Gasteiger partial charge in [-0.15, -0.1) is 11.3 Å². The van der Waals surface area contributed by atoms with Crippen LogP contribution in [0.15, 0.2) is 35.7 Å². The summed E-state index contributed by atoms with van der Waals surface area (Å²) in [6.07, 6.45) is 0. The average Bonchev–Trinajstić information content (AvgIpc) is 3.03. The fraction of sp³-hybridized carbons (Fsp3) is 0.200. The lowest BCUT2D eigenvalue weighted by Crippen LogP contribution is -2.27. The molecule has 0 radical (unpaired) electrons. The van der Waals surface area contributed by atoms with Gasteiger partial charge in [0.05, 0.1) is 19.5 Å². The van der Waals surface area contributed by atoms with E-state index in [-0.39, 0.29) is 5.91 Å². The number of benzene rings is 1. The zero-order valence-corrected chi connectivity index (χ0v) is 14.4. The maximum atomic E-state index is 12.0. The number of hydrogen-bond donors (Lipinski definition) is 1. The fourth-order valence-corrected chi connectivity index (χ4v) is 3.62. The maximum absolute atomic E-state index is 12.0. The maximum Gasteiger partial charge on any atom is 0.252 e. The quantitative estimate of drug-likeness (QED) is 0.669. The molecule has 6 heteroatoms. The number of carbonyl (C=O) groups is 1. The normalized spacial score (nSPS) is 11.0. The van der Waals surface area contributed by atoms with Gasteiger partial charge in [0.2, 0.25) is 0 Å². The minimum Gasteiger partial charge on any atom is -0.350 e. The Balaban J connectivity index is 1.67. The monoisotopic (exact) mass is 411 g/mol. The number of aryl methyl sites for hydroxylation is 1. The fourth-order valence-electron chi connectivity index (χ4n) is 2.29. The third-order valence-electron chi connectivity index (χ3n) is 3.30. The number of para-hydroxylation sites is 2. The van der Waals surface area contributed by atoms with E-state index in [2.05, 4.69) is 43.5 Å². The first-order chi connectivity index (χ1) is 10.1. The van der Waals surface area contributed by atoms with Crippen LogP contribution in [0.2, 0.25) is 0 Å². The molecule has 108 valence electrons. The van der Waals surface area contributed by atoms with Crippen LogP contribution in [0.5, 0.6) is 0 Å². The molecule has 3 rings (SSSR count). The molecular weight excluding hydrogens is 397 g/mol. The third-order valence-corrected chi connectivity index (χ3v) is 5.09. The molecule has 0 spiro atoms. The van der Waals surface area contributed by atoms with Crippen molar-refractivity contribution < 1.29 is 4.79 Å². The van der Waals surface area contributed by atoms with Crippen molar-refractivity contribution in [2.45, 2.75) is 13.5 Å². The van der Waals surface area contributed by atoms with Gasteiger partial charge in [-0.2, -0.15) is 0 Å². The van der Waals surface area contributed by atoms with E-state index in [1.54, 1.807) is 11.3 Å². The molecule has 0 aliphatic carbocycles. The summed E-state index contributed by atoms with van der Waals surface area (Å²) >= 11 is 3.80. The molecule has 0 aliphatic rings. The minimum absolute atomic E-state index is 0.0174. The number of rotatable bonds is 4. The van der Waals surface area contributed by atoms with Gasteiger partial charge >= 0.3 is 0 Å². The number of carbonyl (C=O) groups excluding carboxylic acids is 1. The lowest BCUT2D eigenvalue weighted by Gasteiger charge is -2.08. The molecule has 0 aliphatic heterocycles. The van der Waals surface area contributed by atoms with Gasteiger partial charge in [-0.25, -0.2) is 4.98 Å². The van der Waals surface area contributed by atoms with E-state index in [1.807, 2.05) is 36.6 Å². The SMILES string of the molecule is Cc1nc2ccccc2n1CCNC(=O)c1csc(I)c1. The van der Waals surface area contributed by atoms with Crippen molar-refractivity contribution in [2.75, 3.05) is 6.54 Å². The zero-order chi connectivity index (χ0) is 14.8. The predicted molar refractivity (Wildman–Crippen MR) is 93.8 cm³/mol. The van der Waals surface area contributed by atoms with E-state index < -0.39 is 0 Å². The van der Waals surface area contributed by atoms with E-state index >= 15 is 0 Å². The van der Waals surface area contributed by atoms with Gasteiger partial charge in [0, 0.05) is 18.5 Å². The van der Waals surface area contributed by atoms with Crippen LogP contribution in [0.3, 0.4) is 0 Å². The second kappa shape index (κ2) is 6.15. The standard InChI is InChI=1S/C15H14IN3OS/c1-10-18-12-4-2-3-5-13(12)19(10)7-6-17-15(20)11-8-14(16)21-9-11/h2-5,8-9H,6-7H2,1H3,(H,17,20). The molecule has 4 nitrogen and oxygen atoms in total. The highest BCUT2D eigenvalue weighted by molar-refractivity contribution is 14.1. The third kappa shape index (κ3) is 3.11. The molecule has 0 saturated carbocycles. The number of imidazole rings is 1. The van der Waals surface area contributed by atoms with Crippen molar-refractivity contribution in [2.24, 2.45) is 0 Å². The van der Waals surface area contributed by atoms with E-state index in [4.69, 9.17) is 0 Å². The second-order valence-electron chi connectivity index (χ2n) is 4.69. The van der Waals surface area contributed by atoms with Crippen LogP contribution in [0.1, 0.15) is 16.2 Å². The molecule has 0 bridgehead atoms. The molecule has 1 N–H and O–H groups in total. The molecule has 2 heterocycles. The van der Waals surface area contributed by atoms with E-state index in [1.165, 1.54) is 0 Å². The van der Waals surface area contributed by atoms with Gasteiger partial charge in [0.25, 0.3) is 5.91 Å². The Labute approximate surface area is 140 Å². The molecule has 0 atom stereocenters. The predicted octanol–water partition coefficient (Wildman–Crippen LogP) is 3.44. The summed E-state index contributed by atoms with van der Waals surface area (Å²) in [6.45, 7) is 3.30. The zero-order valence-electron chi connectivity index (χ0n) is 11.5. The van der Waals surface area contributed by atoms with Gasteiger partial charge in [-0.1, -0.05) is 12.1 Å². The molecule has 0 saturated heterocycles. The molecular formula is C15H14IN3OS. The van der Waals surface area contributed by atoms with Gasteiger partial charge in [-0.05, 0) is 47.7 Å². The Kier molecular flexibility index (Phi) is 4.25. The minimum atomic E-state index is -0.0174. The molecule has 0 unspecified atom stereocenters. The topological polar surface area (TPSA) is 46.9 Å². The van der Waals surface area contributed by atoms with Crippen LogP contribution >= 0.6 is 33.9 Å². The number of nitrogens with zero attached hydrogens (tertiary/aromatic N) is 2. The van der Waals surface area contributed by atoms with E-state index in [0.29, 0.717) is 6.54 Å². The highest BCUT2D eigenvalue weighted by atomic mass is 127. The Bertz CT molecular complexity index is 793. The molecule has 1 aromatic carbocycles. The van der Waals surface area contributed by atoms with Gasteiger partial charge in [-0.3, -0.25) is 4.79 Å². The lowest BCUT2D eigenvalue weighted by molar-refractivity contribution is 0.0952. The highest BCUT2D eigenvalue weighted by Crippen LogP contribution is 2.17. The smallest absolute Gasteiger partial charge is 0.252 e. The van der Waals surface area contributed by atoms with E-state index in [0.717, 1.165) is 31.8 Å². The molecule has 3 aromatic rings. The van der Waals surface area contributed by atoms with Crippen molar-refractivity contribution in [3.63, 3.8) is 0 Å². The summed E-state index contributed by atoms with van der Waals surface area (Å²) in [5, 5.41) is 4.84.